The van der Waals surface area contributed by atoms with E-state index in [1.165, 1.54) is 19.1 Å². The van der Waals surface area contributed by atoms with Crippen LogP contribution >= 0.6 is 0 Å². The second-order valence-corrected chi connectivity index (χ2v) is 8.30. The molecule has 4 nitrogen and oxygen atoms in total. The molecule has 30 heavy (non-hydrogen) atoms. The maximum absolute atomic E-state index is 13.9. The van der Waals surface area contributed by atoms with Gasteiger partial charge in [-0.3, -0.25) is 4.79 Å². The summed E-state index contributed by atoms with van der Waals surface area (Å²) in [5.41, 5.74) is 3.12. The van der Waals surface area contributed by atoms with Gasteiger partial charge in [-0.1, -0.05) is 12.1 Å². The number of alkyl halides is 3. The Morgan fingerprint density at radius 3 is 2.83 bits per heavy atom. The fraction of sp³-hybridized carbons (Fsp3) is 0.435. The number of nitrogens with zero attached hydrogens (tertiary/aromatic N) is 1. The minimum absolute atomic E-state index is 0.0661. The smallest absolute Gasteiger partial charge is 0.375 e. The lowest BCUT2D eigenvalue weighted by molar-refractivity contribution is -0.137. The Bertz CT molecular complexity index is 1020. The van der Waals surface area contributed by atoms with Gasteiger partial charge in [0.15, 0.2) is 5.78 Å². The van der Waals surface area contributed by atoms with E-state index in [4.69, 9.17) is 4.74 Å². The second-order valence-electron chi connectivity index (χ2n) is 8.30. The van der Waals surface area contributed by atoms with Gasteiger partial charge in [-0.2, -0.15) is 13.2 Å². The van der Waals surface area contributed by atoms with Crippen LogP contribution in [-0.2, 0) is 17.5 Å². The van der Waals surface area contributed by atoms with Crippen LogP contribution in [-0.4, -0.2) is 38.1 Å². The molecular formula is C23H23F3N2O2. The highest BCUT2D eigenvalue weighted by Gasteiger charge is 2.42. The Morgan fingerprint density at radius 2 is 2.07 bits per heavy atom. The molecule has 3 aliphatic rings. The molecule has 0 amide bonds. The Morgan fingerprint density at radius 1 is 1.23 bits per heavy atom. The van der Waals surface area contributed by atoms with Gasteiger partial charge < -0.3 is 15.0 Å². The van der Waals surface area contributed by atoms with Crippen LogP contribution in [0.2, 0.25) is 0 Å². The van der Waals surface area contributed by atoms with Gasteiger partial charge >= 0.3 is 6.18 Å². The van der Waals surface area contributed by atoms with E-state index in [1.54, 1.807) is 0 Å². The average Bonchev–Trinajstić information content (AvgIpc) is 2.88. The number of nitrogens with one attached hydrogen (secondary N) is 1. The van der Waals surface area contributed by atoms with Crippen molar-refractivity contribution in [3.05, 3.63) is 52.6 Å². The zero-order chi connectivity index (χ0) is 21.0. The predicted octanol–water partition coefficient (Wildman–Crippen LogP) is 4.37. The highest BCUT2D eigenvalue weighted by atomic mass is 19.4. The van der Waals surface area contributed by atoms with Crippen LogP contribution in [0.4, 0.5) is 18.9 Å². The number of hydrogen-bond acceptors (Lipinski definition) is 4. The number of halogens is 3. The molecule has 3 heterocycles. The first-order valence-electron chi connectivity index (χ1n) is 10.3. The van der Waals surface area contributed by atoms with Crippen molar-refractivity contribution in [1.82, 2.24) is 5.32 Å². The number of rotatable bonds is 2. The number of anilines is 1. The first-order valence-corrected chi connectivity index (χ1v) is 10.3. The molecule has 2 aromatic rings. The lowest BCUT2D eigenvalue weighted by Crippen LogP contribution is -2.44. The Kier molecular flexibility index (Phi) is 4.63. The van der Waals surface area contributed by atoms with Crippen LogP contribution in [0, 0.1) is 0 Å². The van der Waals surface area contributed by atoms with E-state index < -0.39 is 11.7 Å². The maximum Gasteiger partial charge on any atom is 0.417 e. The molecule has 0 saturated carbocycles. The van der Waals surface area contributed by atoms with Crippen LogP contribution in [0.5, 0.6) is 0 Å². The highest BCUT2D eigenvalue weighted by Crippen LogP contribution is 2.49. The van der Waals surface area contributed by atoms with Gasteiger partial charge in [-0.15, -0.1) is 0 Å². The minimum Gasteiger partial charge on any atom is -0.375 e. The Labute approximate surface area is 173 Å². The van der Waals surface area contributed by atoms with Gasteiger partial charge in [0.05, 0.1) is 18.8 Å². The van der Waals surface area contributed by atoms with Crippen LogP contribution < -0.4 is 10.2 Å². The summed E-state index contributed by atoms with van der Waals surface area (Å²) < 4.78 is 47.4. The number of ketones is 1. The molecule has 5 rings (SSSR count). The van der Waals surface area contributed by atoms with Crippen molar-refractivity contribution in [2.24, 2.45) is 0 Å². The van der Waals surface area contributed by atoms with Crippen molar-refractivity contribution in [2.75, 3.05) is 31.1 Å². The summed E-state index contributed by atoms with van der Waals surface area (Å²) in [5, 5.41) is 3.44. The minimum atomic E-state index is -4.55. The van der Waals surface area contributed by atoms with E-state index in [0.29, 0.717) is 24.8 Å². The summed E-state index contributed by atoms with van der Waals surface area (Å²) in [5.74, 6) is -0.121. The summed E-state index contributed by atoms with van der Waals surface area (Å²) in [6.45, 7) is 4.86. The molecule has 0 unspecified atom stereocenters. The SMILES string of the molecule is CC(=O)c1ccc(-c2cc3c4c(c2)[C@@H]2CNCC[C@@H]2N4CCOC3)c(C(F)(F)F)c1. The van der Waals surface area contributed by atoms with E-state index in [9.17, 15) is 18.0 Å². The quantitative estimate of drug-likeness (QED) is 0.739. The Balaban J connectivity index is 1.70. The summed E-state index contributed by atoms with van der Waals surface area (Å²) in [6, 6.07) is 7.99. The third-order valence-corrected chi connectivity index (χ3v) is 6.53. The number of piperidine rings is 1. The topological polar surface area (TPSA) is 41.6 Å². The van der Waals surface area contributed by atoms with Crippen LogP contribution in [0.1, 0.15) is 46.3 Å². The average molecular weight is 416 g/mol. The summed E-state index contributed by atoms with van der Waals surface area (Å²) in [4.78, 5) is 14.1. The molecule has 0 bridgehead atoms. The van der Waals surface area contributed by atoms with Gasteiger partial charge in [0, 0.05) is 41.9 Å². The molecule has 0 aliphatic carbocycles. The standard InChI is InChI=1S/C23H23F3N2O2/c1-13(29)14-2-3-17(20(10-14)23(24,25)26)15-8-16-12-30-7-6-28-21-4-5-27-11-19(21)18(9-15)22(16)28/h2-3,8-10,19,21,27H,4-7,11-12H2,1H3/t19-,21-/m0/s1. The fourth-order valence-electron chi connectivity index (χ4n) is 5.19. The second kappa shape index (κ2) is 7.10. The highest BCUT2D eigenvalue weighted by molar-refractivity contribution is 5.95. The molecule has 158 valence electrons. The lowest BCUT2D eigenvalue weighted by atomic mass is 9.86. The van der Waals surface area contributed by atoms with E-state index in [2.05, 4.69) is 10.2 Å². The zero-order valence-corrected chi connectivity index (χ0v) is 16.7. The van der Waals surface area contributed by atoms with Crippen LogP contribution in [0.25, 0.3) is 11.1 Å². The molecule has 1 fully saturated rings. The molecule has 7 heteroatoms. The van der Waals surface area contributed by atoms with Gasteiger partial charge in [0.1, 0.15) is 0 Å². The first kappa shape index (κ1) is 19.6. The number of hydrogen-bond donors (Lipinski definition) is 1. The van der Waals surface area contributed by atoms with Gasteiger partial charge in [0.25, 0.3) is 0 Å². The number of ether oxygens (including phenoxy) is 1. The zero-order valence-electron chi connectivity index (χ0n) is 16.7. The van der Waals surface area contributed by atoms with E-state index in [-0.39, 0.29) is 22.8 Å². The predicted molar refractivity (Wildman–Crippen MR) is 108 cm³/mol. The van der Waals surface area contributed by atoms with Crippen LogP contribution in [0.3, 0.4) is 0 Å². The van der Waals surface area contributed by atoms with Gasteiger partial charge in [-0.25, -0.2) is 0 Å². The number of benzene rings is 2. The van der Waals surface area contributed by atoms with Gasteiger partial charge in [-0.05, 0) is 54.8 Å². The van der Waals surface area contributed by atoms with Crippen molar-refractivity contribution >= 4 is 11.5 Å². The molecule has 2 aromatic carbocycles. The monoisotopic (exact) mass is 416 g/mol. The van der Waals surface area contributed by atoms with Crippen molar-refractivity contribution in [2.45, 2.75) is 38.1 Å². The third kappa shape index (κ3) is 3.11. The molecule has 1 N–H and O–H groups in total. The van der Waals surface area contributed by atoms with E-state index in [0.717, 1.165) is 48.9 Å². The molecular weight excluding hydrogens is 393 g/mol. The molecule has 0 spiro atoms. The Hall–Kier alpha value is -2.38. The molecule has 0 aromatic heterocycles. The fourth-order valence-corrected chi connectivity index (χ4v) is 5.19. The first-order chi connectivity index (χ1) is 14.3. The maximum atomic E-state index is 13.9. The van der Waals surface area contributed by atoms with Gasteiger partial charge in [0.2, 0.25) is 0 Å². The summed E-state index contributed by atoms with van der Waals surface area (Å²) >= 11 is 0. The number of Topliss-reactive ketones (excluding diaryl/α,β-unsaturated/α-hetero) is 1. The van der Waals surface area contributed by atoms with Crippen LogP contribution in [0.15, 0.2) is 30.3 Å². The van der Waals surface area contributed by atoms with E-state index >= 15 is 0 Å². The van der Waals surface area contributed by atoms with Crippen molar-refractivity contribution < 1.29 is 22.7 Å². The van der Waals surface area contributed by atoms with Crippen molar-refractivity contribution in [3.8, 4) is 11.1 Å². The number of fused-ring (bicyclic) bond motifs is 3. The largest absolute Gasteiger partial charge is 0.417 e. The molecule has 2 atom stereocenters. The lowest BCUT2D eigenvalue weighted by Gasteiger charge is -2.33. The molecule has 3 aliphatic heterocycles. The van der Waals surface area contributed by atoms with Crippen molar-refractivity contribution in [1.29, 1.82) is 0 Å². The molecule has 1 saturated heterocycles. The van der Waals surface area contributed by atoms with Crippen molar-refractivity contribution in [3.63, 3.8) is 0 Å². The summed E-state index contributed by atoms with van der Waals surface area (Å²) in [7, 11) is 0. The molecule has 0 radical (unpaired) electrons. The number of carbonyl (C=O) groups is 1. The normalized spacial score (nSPS) is 23.0. The third-order valence-electron chi connectivity index (χ3n) is 6.53. The van der Waals surface area contributed by atoms with E-state index in [1.807, 2.05) is 12.1 Å². The number of carbonyl (C=O) groups excluding carboxylic acids is 1. The summed E-state index contributed by atoms with van der Waals surface area (Å²) in [6.07, 6.45) is -3.54.